The number of aromatic nitrogens is 1. The molecular weight excluding hydrogens is 330 g/mol. The molecule has 0 spiro atoms. The summed E-state index contributed by atoms with van der Waals surface area (Å²) in [5.41, 5.74) is 2.69. The van der Waals surface area contributed by atoms with Crippen molar-refractivity contribution in [2.45, 2.75) is 13.2 Å². The maximum atomic E-state index is 12.2. The fraction of sp³-hybridized carbons (Fsp3) is 0.300. The Hall–Kier alpha value is -2.86. The second kappa shape index (κ2) is 7.58. The number of ether oxygens (including phenoxy) is 1. The van der Waals surface area contributed by atoms with E-state index in [-0.39, 0.29) is 6.09 Å². The molecule has 0 N–H and O–H groups in total. The number of nitrogens with zero attached hydrogens (tertiary/aromatic N) is 3. The molecule has 4 rings (SSSR count). The van der Waals surface area contributed by atoms with Gasteiger partial charge in [0, 0.05) is 26.2 Å². The van der Waals surface area contributed by atoms with Crippen LogP contribution in [-0.2, 0) is 17.9 Å². The molecular formula is C20H21N3O3. The topological polar surface area (TPSA) is 58.8 Å². The Labute approximate surface area is 152 Å². The molecule has 1 aliphatic rings. The molecule has 1 amide bonds. The lowest BCUT2D eigenvalue weighted by Gasteiger charge is -2.33. The van der Waals surface area contributed by atoms with E-state index in [1.54, 1.807) is 4.90 Å². The summed E-state index contributed by atoms with van der Waals surface area (Å²) in [4.78, 5) is 20.7. The van der Waals surface area contributed by atoms with Gasteiger partial charge in [-0.2, -0.15) is 0 Å². The van der Waals surface area contributed by atoms with Crippen molar-refractivity contribution in [3.8, 4) is 0 Å². The molecule has 0 saturated carbocycles. The summed E-state index contributed by atoms with van der Waals surface area (Å²) in [6, 6.07) is 17.5. The van der Waals surface area contributed by atoms with E-state index in [0.29, 0.717) is 32.1 Å². The molecule has 2 aromatic carbocycles. The van der Waals surface area contributed by atoms with Crippen molar-refractivity contribution in [3.63, 3.8) is 0 Å². The highest BCUT2D eigenvalue weighted by molar-refractivity contribution is 5.72. The second-order valence-electron chi connectivity index (χ2n) is 6.38. The molecule has 1 aromatic heterocycles. The van der Waals surface area contributed by atoms with Gasteiger partial charge in [-0.25, -0.2) is 9.78 Å². The molecule has 0 unspecified atom stereocenters. The number of carbonyl (C=O) groups excluding carboxylic acids is 1. The molecule has 2 heterocycles. The lowest BCUT2D eigenvalue weighted by Crippen LogP contribution is -2.48. The van der Waals surface area contributed by atoms with Gasteiger partial charge in [0.25, 0.3) is 0 Å². The third kappa shape index (κ3) is 3.86. The zero-order chi connectivity index (χ0) is 17.8. The smallest absolute Gasteiger partial charge is 0.410 e. The molecule has 0 bridgehead atoms. The Morgan fingerprint density at radius 1 is 1.00 bits per heavy atom. The minimum atomic E-state index is -0.254. The minimum absolute atomic E-state index is 0.254. The molecule has 6 heteroatoms. The molecule has 1 saturated heterocycles. The fourth-order valence-electron chi connectivity index (χ4n) is 3.08. The minimum Gasteiger partial charge on any atom is -0.445 e. The molecule has 134 valence electrons. The number of piperazine rings is 1. The van der Waals surface area contributed by atoms with E-state index >= 15 is 0 Å². The van der Waals surface area contributed by atoms with Crippen LogP contribution in [0.15, 0.2) is 59.0 Å². The summed E-state index contributed by atoms with van der Waals surface area (Å²) in [6.07, 6.45) is -0.254. The van der Waals surface area contributed by atoms with Gasteiger partial charge in [-0.05, 0) is 17.7 Å². The number of amides is 1. The third-order valence-electron chi connectivity index (χ3n) is 4.53. The van der Waals surface area contributed by atoms with Gasteiger partial charge in [-0.3, -0.25) is 4.90 Å². The van der Waals surface area contributed by atoms with Crippen LogP contribution >= 0.6 is 0 Å². The summed E-state index contributed by atoms with van der Waals surface area (Å²) < 4.78 is 11.2. The van der Waals surface area contributed by atoms with Crippen molar-refractivity contribution in [1.82, 2.24) is 14.8 Å². The molecule has 0 radical (unpaired) electrons. The summed E-state index contributed by atoms with van der Waals surface area (Å²) in [6.45, 7) is 3.81. The number of fused-ring (bicyclic) bond motifs is 1. The Bertz CT molecular complexity index is 837. The van der Waals surface area contributed by atoms with Crippen molar-refractivity contribution in [2.24, 2.45) is 0 Å². The normalized spacial score (nSPS) is 15.3. The largest absolute Gasteiger partial charge is 0.445 e. The molecule has 26 heavy (non-hydrogen) atoms. The average Bonchev–Trinajstić information content (AvgIpc) is 3.10. The van der Waals surface area contributed by atoms with Crippen LogP contribution in [0, 0.1) is 0 Å². The van der Waals surface area contributed by atoms with E-state index in [1.807, 2.05) is 54.6 Å². The number of rotatable bonds is 4. The van der Waals surface area contributed by atoms with E-state index in [1.165, 1.54) is 0 Å². The van der Waals surface area contributed by atoms with E-state index in [2.05, 4.69) is 9.88 Å². The van der Waals surface area contributed by atoms with Gasteiger partial charge >= 0.3 is 6.09 Å². The van der Waals surface area contributed by atoms with E-state index in [4.69, 9.17) is 9.15 Å². The van der Waals surface area contributed by atoms with Gasteiger partial charge in [0.15, 0.2) is 5.58 Å². The first-order chi connectivity index (χ1) is 12.8. The predicted molar refractivity (Wildman–Crippen MR) is 97.5 cm³/mol. The van der Waals surface area contributed by atoms with Gasteiger partial charge in [0.05, 0.1) is 6.54 Å². The first-order valence-electron chi connectivity index (χ1n) is 8.80. The molecule has 3 aromatic rings. The first kappa shape index (κ1) is 16.6. The van der Waals surface area contributed by atoms with Gasteiger partial charge in [-0.15, -0.1) is 0 Å². The summed E-state index contributed by atoms with van der Waals surface area (Å²) >= 11 is 0. The highest BCUT2D eigenvalue weighted by atomic mass is 16.6. The van der Waals surface area contributed by atoms with Crippen LogP contribution < -0.4 is 0 Å². The average molecular weight is 351 g/mol. The standard InChI is InChI=1S/C20H21N3O3/c24-20(25-15-16-6-2-1-3-7-16)23-12-10-22(11-13-23)14-19-21-17-8-4-5-9-18(17)26-19/h1-9H,10-15H2. The zero-order valence-electron chi connectivity index (χ0n) is 14.5. The molecule has 1 fully saturated rings. The third-order valence-corrected chi connectivity index (χ3v) is 4.53. The number of hydrogen-bond acceptors (Lipinski definition) is 5. The zero-order valence-corrected chi connectivity index (χ0v) is 14.5. The van der Waals surface area contributed by atoms with Gasteiger partial charge in [0.2, 0.25) is 5.89 Å². The molecule has 6 nitrogen and oxygen atoms in total. The SMILES string of the molecule is O=C(OCc1ccccc1)N1CCN(Cc2nc3ccccc3o2)CC1. The van der Waals surface area contributed by atoms with Crippen LogP contribution in [0.4, 0.5) is 4.79 Å². The quantitative estimate of drug-likeness (QED) is 0.722. The molecule has 1 aliphatic heterocycles. The first-order valence-corrected chi connectivity index (χ1v) is 8.80. The Balaban J connectivity index is 1.26. The van der Waals surface area contributed by atoms with Crippen LogP contribution in [0.3, 0.4) is 0 Å². The number of hydrogen-bond donors (Lipinski definition) is 0. The van der Waals surface area contributed by atoms with E-state index in [0.717, 1.165) is 29.8 Å². The maximum absolute atomic E-state index is 12.2. The van der Waals surface area contributed by atoms with Gasteiger partial charge in [-0.1, -0.05) is 42.5 Å². The Morgan fingerprint density at radius 2 is 1.73 bits per heavy atom. The lowest BCUT2D eigenvalue weighted by atomic mass is 10.2. The highest BCUT2D eigenvalue weighted by Gasteiger charge is 2.23. The van der Waals surface area contributed by atoms with Crippen molar-refractivity contribution in [2.75, 3.05) is 26.2 Å². The Morgan fingerprint density at radius 3 is 2.50 bits per heavy atom. The van der Waals surface area contributed by atoms with E-state index < -0.39 is 0 Å². The second-order valence-corrected chi connectivity index (χ2v) is 6.38. The van der Waals surface area contributed by atoms with Crippen molar-refractivity contribution >= 4 is 17.2 Å². The predicted octanol–water partition coefficient (Wildman–Crippen LogP) is 3.28. The lowest BCUT2D eigenvalue weighted by molar-refractivity contribution is 0.0682. The van der Waals surface area contributed by atoms with Crippen molar-refractivity contribution in [3.05, 3.63) is 66.1 Å². The summed E-state index contributed by atoms with van der Waals surface area (Å²) in [5.74, 6) is 0.714. The fourth-order valence-corrected chi connectivity index (χ4v) is 3.08. The highest BCUT2D eigenvalue weighted by Crippen LogP contribution is 2.17. The van der Waals surface area contributed by atoms with Gasteiger partial charge < -0.3 is 14.1 Å². The summed E-state index contributed by atoms with van der Waals surface area (Å²) in [5, 5.41) is 0. The molecule has 0 aliphatic carbocycles. The van der Waals surface area contributed by atoms with Gasteiger partial charge in [0.1, 0.15) is 12.1 Å². The monoisotopic (exact) mass is 351 g/mol. The van der Waals surface area contributed by atoms with E-state index in [9.17, 15) is 4.79 Å². The number of carbonyl (C=O) groups is 1. The maximum Gasteiger partial charge on any atom is 0.410 e. The number of benzene rings is 2. The molecule has 0 atom stereocenters. The van der Waals surface area contributed by atoms with Crippen molar-refractivity contribution in [1.29, 1.82) is 0 Å². The van der Waals surface area contributed by atoms with Crippen LogP contribution in [0.1, 0.15) is 11.5 Å². The number of para-hydroxylation sites is 2. The Kier molecular flexibility index (Phi) is 4.84. The van der Waals surface area contributed by atoms with Crippen LogP contribution in [0.25, 0.3) is 11.1 Å². The van der Waals surface area contributed by atoms with Crippen LogP contribution in [0.2, 0.25) is 0 Å². The van der Waals surface area contributed by atoms with Crippen LogP contribution in [-0.4, -0.2) is 47.1 Å². The van der Waals surface area contributed by atoms with Crippen molar-refractivity contribution < 1.29 is 13.9 Å². The van der Waals surface area contributed by atoms with Crippen LogP contribution in [0.5, 0.6) is 0 Å². The summed E-state index contributed by atoms with van der Waals surface area (Å²) in [7, 11) is 0. The number of oxazole rings is 1.